The van der Waals surface area contributed by atoms with Crippen LogP contribution in [0.5, 0.6) is 0 Å². The maximum absolute atomic E-state index is 12.4. The van der Waals surface area contributed by atoms with Crippen molar-refractivity contribution in [2.24, 2.45) is 0 Å². The number of aryl methyl sites for hydroxylation is 1. The van der Waals surface area contributed by atoms with E-state index >= 15 is 0 Å². The third-order valence-corrected chi connectivity index (χ3v) is 4.12. The van der Waals surface area contributed by atoms with Gasteiger partial charge in [0.2, 0.25) is 5.89 Å². The molecule has 2 aromatic carbocycles. The fourth-order valence-electron chi connectivity index (χ4n) is 2.38. The quantitative estimate of drug-likeness (QED) is 0.655. The van der Waals surface area contributed by atoms with Gasteiger partial charge >= 0.3 is 6.03 Å². The lowest BCUT2D eigenvalue weighted by atomic mass is 10.1. The molecule has 0 aliphatic carbocycles. The Morgan fingerprint density at radius 2 is 1.69 bits per heavy atom. The number of anilines is 1. The average Bonchev–Trinajstić information content (AvgIpc) is 3.05. The van der Waals surface area contributed by atoms with Crippen LogP contribution in [0, 0.1) is 6.92 Å². The molecule has 3 aromatic rings. The van der Waals surface area contributed by atoms with E-state index in [4.69, 9.17) is 27.7 Å². The number of rotatable bonds is 5. The van der Waals surface area contributed by atoms with Crippen LogP contribution in [0.1, 0.15) is 23.3 Å². The average molecular weight is 391 g/mol. The molecule has 0 fully saturated rings. The number of carbonyl (C=O) groups is 1. The largest absolute Gasteiger partial charge is 0.340 e. The maximum Gasteiger partial charge on any atom is 0.319 e. The molecule has 26 heavy (non-hydrogen) atoms. The molecule has 8 heteroatoms. The summed E-state index contributed by atoms with van der Waals surface area (Å²) in [4.78, 5) is 16.6. The molecule has 0 aliphatic heterocycles. The molecular formula is C18H16Cl2N4O2. The Balaban J connectivity index is 1.73. The van der Waals surface area contributed by atoms with Gasteiger partial charge in [-0.1, -0.05) is 40.5 Å². The van der Waals surface area contributed by atoms with E-state index in [0.717, 1.165) is 5.56 Å². The highest BCUT2D eigenvalue weighted by Gasteiger charge is 2.20. The fraction of sp³-hybridized carbons (Fsp3) is 0.167. The minimum Gasteiger partial charge on any atom is -0.340 e. The third kappa shape index (κ3) is 4.97. The van der Waals surface area contributed by atoms with Crippen LogP contribution >= 0.6 is 23.2 Å². The van der Waals surface area contributed by atoms with Crippen LogP contribution < -0.4 is 10.6 Å². The van der Waals surface area contributed by atoms with E-state index in [0.29, 0.717) is 33.9 Å². The lowest BCUT2D eigenvalue weighted by molar-refractivity contribution is 0.247. The number of benzene rings is 2. The van der Waals surface area contributed by atoms with Crippen molar-refractivity contribution >= 4 is 34.9 Å². The Morgan fingerprint density at radius 3 is 2.27 bits per heavy atom. The second kappa shape index (κ2) is 8.21. The van der Waals surface area contributed by atoms with Crippen molar-refractivity contribution in [1.29, 1.82) is 0 Å². The van der Waals surface area contributed by atoms with Crippen molar-refractivity contribution in [3.05, 3.63) is 75.9 Å². The molecule has 0 radical (unpaired) electrons. The van der Waals surface area contributed by atoms with Crippen molar-refractivity contribution in [3.63, 3.8) is 0 Å². The van der Waals surface area contributed by atoms with Crippen LogP contribution in [0.3, 0.4) is 0 Å². The summed E-state index contributed by atoms with van der Waals surface area (Å²) >= 11 is 11.8. The molecule has 2 N–H and O–H groups in total. The van der Waals surface area contributed by atoms with E-state index in [-0.39, 0.29) is 6.03 Å². The first-order valence-electron chi connectivity index (χ1n) is 7.87. The number of halogens is 2. The van der Waals surface area contributed by atoms with Crippen LogP contribution in [0.15, 0.2) is 53.1 Å². The van der Waals surface area contributed by atoms with Gasteiger partial charge in [0.1, 0.15) is 0 Å². The maximum atomic E-state index is 12.4. The van der Waals surface area contributed by atoms with Gasteiger partial charge in [-0.2, -0.15) is 4.98 Å². The molecule has 1 atom stereocenters. The van der Waals surface area contributed by atoms with Crippen molar-refractivity contribution in [1.82, 2.24) is 15.5 Å². The molecule has 1 heterocycles. The van der Waals surface area contributed by atoms with Crippen molar-refractivity contribution < 1.29 is 9.32 Å². The topological polar surface area (TPSA) is 80.0 Å². The molecule has 3 rings (SSSR count). The van der Waals surface area contributed by atoms with Gasteiger partial charge in [0, 0.05) is 29.1 Å². The summed E-state index contributed by atoms with van der Waals surface area (Å²) in [7, 11) is 0. The summed E-state index contributed by atoms with van der Waals surface area (Å²) in [6.45, 7) is 1.70. The first-order chi connectivity index (χ1) is 12.5. The Hall–Kier alpha value is -2.57. The predicted octanol–water partition coefficient (Wildman–Crippen LogP) is 4.79. The molecule has 0 bridgehead atoms. The molecule has 2 amide bonds. The van der Waals surface area contributed by atoms with Crippen LogP contribution in [-0.2, 0) is 6.42 Å². The van der Waals surface area contributed by atoms with E-state index in [1.54, 1.807) is 43.3 Å². The minimum absolute atomic E-state index is 0.381. The molecule has 0 saturated carbocycles. The van der Waals surface area contributed by atoms with E-state index in [2.05, 4.69) is 20.8 Å². The molecule has 134 valence electrons. The standard InChI is InChI=1S/C18H16Cl2N4O2/c1-11-21-17(24-26-11)16(10-12-2-4-13(19)5-3-12)23-18(25)22-15-8-6-14(20)7-9-15/h2-9,16H,10H2,1H3,(H2,22,23,25). The molecule has 0 aliphatic rings. The van der Waals surface area contributed by atoms with Gasteiger partial charge in [-0.25, -0.2) is 4.79 Å². The van der Waals surface area contributed by atoms with Crippen molar-refractivity contribution in [3.8, 4) is 0 Å². The third-order valence-electron chi connectivity index (χ3n) is 3.62. The number of amides is 2. The first kappa shape index (κ1) is 18.2. The number of aromatic nitrogens is 2. The Morgan fingerprint density at radius 1 is 1.08 bits per heavy atom. The van der Waals surface area contributed by atoms with Crippen molar-refractivity contribution in [2.75, 3.05) is 5.32 Å². The predicted molar refractivity (Wildman–Crippen MR) is 101 cm³/mol. The zero-order valence-electron chi connectivity index (χ0n) is 13.9. The SMILES string of the molecule is Cc1nc(C(Cc2ccc(Cl)cc2)NC(=O)Nc2ccc(Cl)cc2)no1. The fourth-order valence-corrected chi connectivity index (χ4v) is 2.63. The zero-order chi connectivity index (χ0) is 18.5. The Bertz CT molecular complexity index is 879. The van der Waals surface area contributed by atoms with Gasteiger partial charge in [0.25, 0.3) is 0 Å². The summed E-state index contributed by atoms with van der Waals surface area (Å²) in [6, 6.07) is 13.4. The van der Waals surface area contributed by atoms with Gasteiger partial charge in [-0.05, 0) is 42.0 Å². The molecule has 1 unspecified atom stereocenters. The Kier molecular flexibility index (Phi) is 5.75. The molecule has 0 saturated heterocycles. The van der Waals surface area contributed by atoms with Crippen LogP contribution in [-0.4, -0.2) is 16.2 Å². The second-order valence-corrected chi connectivity index (χ2v) is 6.53. The monoisotopic (exact) mass is 390 g/mol. The molecule has 6 nitrogen and oxygen atoms in total. The number of hydrogen-bond donors (Lipinski definition) is 2. The van der Waals surface area contributed by atoms with E-state index in [1.165, 1.54) is 0 Å². The highest BCUT2D eigenvalue weighted by Crippen LogP contribution is 2.19. The summed E-state index contributed by atoms with van der Waals surface area (Å²) in [5, 5.41) is 10.8. The summed E-state index contributed by atoms with van der Waals surface area (Å²) in [5.41, 5.74) is 1.61. The van der Waals surface area contributed by atoms with Gasteiger partial charge in [-0.3, -0.25) is 0 Å². The van der Waals surface area contributed by atoms with E-state index in [1.807, 2.05) is 12.1 Å². The lowest BCUT2D eigenvalue weighted by Crippen LogP contribution is -2.34. The molecular weight excluding hydrogens is 375 g/mol. The van der Waals surface area contributed by atoms with Crippen LogP contribution in [0.25, 0.3) is 0 Å². The number of hydrogen-bond acceptors (Lipinski definition) is 4. The number of nitrogens with zero attached hydrogens (tertiary/aromatic N) is 2. The van der Waals surface area contributed by atoms with E-state index in [9.17, 15) is 4.79 Å². The zero-order valence-corrected chi connectivity index (χ0v) is 15.4. The van der Waals surface area contributed by atoms with Crippen LogP contribution in [0.4, 0.5) is 10.5 Å². The van der Waals surface area contributed by atoms with Gasteiger partial charge < -0.3 is 15.2 Å². The highest BCUT2D eigenvalue weighted by atomic mass is 35.5. The first-order valence-corrected chi connectivity index (χ1v) is 8.63. The lowest BCUT2D eigenvalue weighted by Gasteiger charge is -2.16. The minimum atomic E-state index is -0.457. The van der Waals surface area contributed by atoms with Crippen LogP contribution in [0.2, 0.25) is 10.0 Å². The summed E-state index contributed by atoms with van der Waals surface area (Å²) < 4.78 is 5.05. The normalized spacial score (nSPS) is 11.8. The molecule has 0 spiro atoms. The Labute approximate surface area is 160 Å². The van der Waals surface area contributed by atoms with Crippen molar-refractivity contribution in [2.45, 2.75) is 19.4 Å². The van der Waals surface area contributed by atoms with Gasteiger partial charge in [0.05, 0.1) is 6.04 Å². The number of urea groups is 1. The van der Waals surface area contributed by atoms with E-state index < -0.39 is 6.04 Å². The number of nitrogens with one attached hydrogen (secondary N) is 2. The van der Waals surface area contributed by atoms with Gasteiger partial charge in [-0.15, -0.1) is 0 Å². The summed E-state index contributed by atoms with van der Waals surface area (Å²) in [5.74, 6) is 0.838. The highest BCUT2D eigenvalue weighted by molar-refractivity contribution is 6.30. The molecule has 1 aromatic heterocycles. The summed E-state index contributed by atoms with van der Waals surface area (Å²) in [6.07, 6.45) is 0.490. The smallest absolute Gasteiger partial charge is 0.319 e. The van der Waals surface area contributed by atoms with Gasteiger partial charge in [0.15, 0.2) is 5.82 Å². The number of carbonyl (C=O) groups excluding carboxylic acids is 1. The second-order valence-electron chi connectivity index (χ2n) is 5.66.